The minimum absolute atomic E-state index is 0.818. The molecular formula is C12HF22NS. The van der Waals surface area contributed by atoms with E-state index in [1.807, 2.05) is 0 Å². The van der Waals surface area contributed by atoms with Gasteiger partial charge in [-0.2, -0.15) is 87.8 Å². The van der Waals surface area contributed by atoms with Crippen LogP contribution < -0.4 is 0 Å². The zero-order valence-corrected chi connectivity index (χ0v) is 16.1. The van der Waals surface area contributed by atoms with Crippen LogP contribution in [-0.2, 0) is 0 Å². The number of aliphatic imine (C=N–C) groups is 1. The summed E-state index contributed by atoms with van der Waals surface area (Å²) < 4.78 is 281. The van der Waals surface area contributed by atoms with Gasteiger partial charge in [-0.1, -0.05) is 11.8 Å². The van der Waals surface area contributed by atoms with Gasteiger partial charge in [-0.25, -0.2) is 13.8 Å². The Kier molecular flexibility index (Phi) is 8.78. The number of thioether (sulfide) groups is 1. The molecule has 0 rings (SSSR count). The molecule has 0 unspecified atom stereocenters. The molecule has 0 aliphatic carbocycles. The maximum absolute atomic E-state index is 14.0. The molecule has 0 atom stereocenters. The van der Waals surface area contributed by atoms with Crippen molar-refractivity contribution in [1.29, 1.82) is 0 Å². The van der Waals surface area contributed by atoms with Gasteiger partial charge in [0, 0.05) is 0 Å². The normalized spacial score (nSPS) is 15.8. The predicted molar refractivity (Wildman–Crippen MR) is 71.3 cm³/mol. The summed E-state index contributed by atoms with van der Waals surface area (Å²) in [6.45, 7) is 0. The number of halogens is 22. The first-order valence-electron chi connectivity index (χ1n) is 7.38. The van der Waals surface area contributed by atoms with Crippen molar-refractivity contribution >= 4 is 17.6 Å². The summed E-state index contributed by atoms with van der Waals surface area (Å²) in [6.07, 6.45) is -45.3. The third-order valence-corrected chi connectivity index (χ3v) is 4.68. The van der Waals surface area contributed by atoms with Crippen molar-refractivity contribution in [3.8, 4) is 0 Å². The van der Waals surface area contributed by atoms with E-state index < -0.39 is 82.2 Å². The Labute approximate surface area is 185 Å². The molecule has 0 amide bonds. The van der Waals surface area contributed by atoms with E-state index in [2.05, 4.69) is 0 Å². The fourth-order valence-corrected chi connectivity index (χ4v) is 2.58. The molecule has 0 heterocycles. The highest BCUT2D eigenvalue weighted by molar-refractivity contribution is 8.04. The SMILES string of the molecule is FC(F)(F)C(N=C=C(SC(F)(C(F)(F)F)C(F)(F)F)C(F)(F)C(F)(C(F)(F)F)C(F)(F)F)C(F)(F)F. The fourth-order valence-electron chi connectivity index (χ4n) is 1.70. The molecule has 0 aromatic rings. The molecule has 0 fully saturated rings. The second kappa shape index (κ2) is 9.22. The van der Waals surface area contributed by atoms with Crippen molar-refractivity contribution in [2.75, 3.05) is 0 Å². The molecule has 0 bridgehead atoms. The van der Waals surface area contributed by atoms with E-state index in [0.29, 0.717) is 0 Å². The van der Waals surface area contributed by atoms with Gasteiger partial charge in [-0.15, -0.1) is 0 Å². The minimum Gasteiger partial charge on any atom is -0.219 e. The van der Waals surface area contributed by atoms with E-state index in [9.17, 15) is 96.6 Å². The highest BCUT2D eigenvalue weighted by atomic mass is 32.2. The summed E-state index contributed by atoms with van der Waals surface area (Å²) in [7, 11) is 0. The summed E-state index contributed by atoms with van der Waals surface area (Å²) in [5.41, 5.74) is -8.32. The lowest BCUT2D eigenvalue weighted by Crippen LogP contribution is -2.65. The third kappa shape index (κ3) is 6.21. The summed E-state index contributed by atoms with van der Waals surface area (Å²) in [4.78, 5) is -3.85. The third-order valence-electron chi connectivity index (χ3n) is 3.39. The van der Waals surface area contributed by atoms with E-state index in [1.165, 1.54) is 0 Å². The molecular weight excluding hydrogens is 608 g/mol. The first-order valence-corrected chi connectivity index (χ1v) is 8.19. The lowest BCUT2D eigenvalue weighted by molar-refractivity contribution is -0.387. The van der Waals surface area contributed by atoms with Gasteiger partial charge in [-0.05, 0) is 5.87 Å². The molecule has 36 heavy (non-hydrogen) atoms. The quantitative estimate of drug-likeness (QED) is 0.227. The number of hydrogen-bond acceptors (Lipinski definition) is 2. The minimum atomic E-state index is -8.32. The zero-order valence-electron chi connectivity index (χ0n) is 15.2. The van der Waals surface area contributed by atoms with Crippen LogP contribution >= 0.6 is 11.8 Å². The Bertz CT molecular complexity index is 797. The molecule has 0 saturated heterocycles. The molecule has 0 N–H and O–H groups in total. The number of alkyl halides is 22. The van der Waals surface area contributed by atoms with Crippen LogP contribution in [0.25, 0.3) is 0 Å². The first-order chi connectivity index (χ1) is 15.2. The van der Waals surface area contributed by atoms with Gasteiger partial charge in [0.05, 0.1) is 0 Å². The Morgan fingerprint density at radius 2 is 0.806 bits per heavy atom. The Morgan fingerprint density at radius 1 is 0.500 bits per heavy atom. The van der Waals surface area contributed by atoms with Crippen LogP contribution in [-0.4, -0.2) is 65.6 Å². The van der Waals surface area contributed by atoms with Crippen molar-refractivity contribution in [3.05, 3.63) is 4.91 Å². The second-order valence-corrected chi connectivity index (χ2v) is 7.15. The van der Waals surface area contributed by atoms with Gasteiger partial charge >= 0.3 is 53.6 Å². The highest BCUT2D eigenvalue weighted by Gasteiger charge is 2.86. The predicted octanol–water partition coefficient (Wildman–Crippen LogP) is 8.03. The summed E-state index contributed by atoms with van der Waals surface area (Å²) in [5, 5.41) is -7.47. The van der Waals surface area contributed by atoms with Gasteiger partial charge in [0.1, 0.15) is 4.91 Å². The molecule has 0 saturated carbocycles. The second-order valence-electron chi connectivity index (χ2n) is 5.98. The van der Waals surface area contributed by atoms with Crippen LogP contribution in [0.5, 0.6) is 0 Å². The Hall–Kier alpha value is -1.74. The van der Waals surface area contributed by atoms with Crippen LogP contribution in [0.3, 0.4) is 0 Å². The van der Waals surface area contributed by atoms with Gasteiger partial charge in [-0.3, -0.25) is 0 Å². The van der Waals surface area contributed by atoms with Crippen LogP contribution in [0.4, 0.5) is 96.6 Å². The van der Waals surface area contributed by atoms with Crippen molar-refractivity contribution in [2.45, 2.75) is 59.7 Å². The largest absolute Gasteiger partial charge is 0.441 e. The lowest BCUT2D eigenvalue weighted by Gasteiger charge is -2.38. The Balaban J connectivity index is 7.80. The molecule has 0 aliphatic heterocycles. The van der Waals surface area contributed by atoms with Gasteiger partial charge in [0.15, 0.2) is 0 Å². The molecule has 0 spiro atoms. The van der Waals surface area contributed by atoms with Crippen molar-refractivity contribution < 1.29 is 96.6 Å². The average molecular weight is 609 g/mol. The van der Waals surface area contributed by atoms with Crippen molar-refractivity contribution in [1.82, 2.24) is 0 Å². The molecule has 0 radical (unpaired) electrons. The smallest absolute Gasteiger partial charge is 0.219 e. The van der Waals surface area contributed by atoms with Gasteiger partial charge in [0.25, 0.3) is 0 Å². The number of rotatable bonds is 5. The number of nitrogens with zero attached hydrogens (tertiary/aromatic N) is 1. The molecule has 24 heteroatoms. The lowest BCUT2D eigenvalue weighted by atomic mass is 9.95. The maximum Gasteiger partial charge on any atom is 0.441 e. The zero-order chi connectivity index (χ0) is 29.8. The van der Waals surface area contributed by atoms with E-state index in [-0.39, 0.29) is 0 Å². The molecule has 1 nitrogen and oxygen atoms in total. The van der Waals surface area contributed by atoms with E-state index in [1.54, 1.807) is 0 Å². The van der Waals surface area contributed by atoms with Crippen LogP contribution in [0.15, 0.2) is 9.90 Å². The maximum atomic E-state index is 14.0. The van der Waals surface area contributed by atoms with Crippen LogP contribution in [0.2, 0.25) is 0 Å². The average Bonchev–Trinajstić information content (AvgIpc) is 2.53. The van der Waals surface area contributed by atoms with Crippen LogP contribution in [0.1, 0.15) is 0 Å². The standard InChI is InChI=1S/C12HF22NS/c13-4(14,7(21,9(23,24)25)10(26,27)28)2(1-35-3(5(15,16)17)6(18,19)20)36-8(22,11(29,30)31)12(32,33)34/h3H. The Morgan fingerprint density at radius 3 is 1.03 bits per heavy atom. The molecule has 0 aromatic carbocycles. The monoisotopic (exact) mass is 609 g/mol. The van der Waals surface area contributed by atoms with Gasteiger partial charge in [0.2, 0.25) is 6.04 Å². The highest BCUT2D eigenvalue weighted by Crippen LogP contribution is 2.62. The molecule has 0 aliphatic rings. The van der Waals surface area contributed by atoms with Gasteiger partial charge < -0.3 is 0 Å². The summed E-state index contributed by atoms with van der Waals surface area (Å²) >= 11 is -3.59. The molecule has 0 aromatic heterocycles. The molecule has 214 valence electrons. The van der Waals surface area contributed by atoms with E-state index in [0.717, 1.165) is 4.99 Å². The summed E-state index contributed by atoms with van der Waals surface area (Å²) in [6, 6.07) is -5.53. The van der Waals surface area contributed by atoms with E-state index in [4.69, 9.17) is 0 Å². The summed E-state index contributed by atoms with van der Waals surface area (Å²) in [5.74, 6) is -8.89. The number of hydrogen-bond donors (Lipinski definition) is 0. The number of allylic oxidation sites excluding steroid dienone is 1. The fraction of sp³-hybridized carbons (Fsp3) is 0.833. The topological polar surface area (TPSA) is 12.4 Å². The first kappa shape index (κ1) is 34.3. The van der Waals surface area contributed by atoms with Crippen molar-refractivity contribution in [2.24, 2.45) is 4.99 Å². The van der Waals surface area contributed by atoms with E-state index >= 15 is 0 Å². The van der Waals surface area contributed by atoms with Crippen molar-refractivity contribution in [3.63, 3.8) is 0 Å². The van der Waals surface area contributed by atoms with Crippen LogP contribution in [0, 0.1) is 0 Å².